The van der Waals surface area contributed by atoms with E-state index in [1.54, 1.807) is 0 Å². The quantitative estimate of drug-likeness (QED) is 0.566. The Morgan fingerprint density at radius 1 is 0.774 bits per heavy atom. The van der Waals surface area contributed by atoms with Gasteiger partial charge in [-0.2, -0.15) is 0 Å². The molecule has 3 heteroatoms. The number of anilines is 1. The Hall–Kier alpha value is -2.91. The maximum atomic E-state index is 13.0. The normalized spacial score (nSPS) is 17.0. The van der Waals surface area contributed by atoms with Crippen LogP contribution in [0, 0.1) is 5.92 Å². The summed E-state index contributed by atoms with van der Waals surface area (Å²) in [7, 11) is 0. The van der Waals surface area contributed by atoms with Gasteiger partial charge in [0, 0.05) is 24.3 Å². The number of hydrogen-bond donors (Lipinski definition) is 0. The van der Waals surface area contributed by atoms with Crippen molar-refractivity contribution in [2.45, 2.75) is 32.2 Å². The van der Waals surface area contributed by atoms with E-state index in [9.17, 15) is 4.79 Å². The van der Waals surface area contributed by atoms with Crippen LogP contribution in [0.15, 0.2) is 78.9 Å². The van der Waals surface area contributed by atoms with Crippen molar-refractivity contribution in [3.63, 3.8) is 0 Å². The molecule has 0 saturated carbocycles. The van der Waals surface area contributed by atoms with Gasteiger partial charge in [0.15, 0.2) is 0 Å². The van der Waals surface area contributed by atoms with Gasteiger partial charge < -0.3 is 4.90 Å². The van der Waals surface area contributed by atoms with Crippen LogP contribution in [0.2, 0.25) is 0 Å². The van der Waals surface area contributed by atoms with Gasteiger partial charge in [-0.1, -0.05) is 60.7 Å². The van der Waals surface area contributed by atoms with Gasteiger partial charge in [0.2, 0.25) is 0 Å². The van der Waals surface area contributed by atoms with Gasteiger partial charge in [-0.15, -0.1) is 0 Å². The first-order chi connectivity index (χ1) is 15.3. The minimum atomic E-state index is 0.109. The van der Waals surface area contributed by atoms with Gasteiger partial charge in [-0.3, -0.25) is 9.69 Å². The number of carbonyl (C=O) groups is 1. The standard InChI is InChI=1S/C28H30N2O/c31-28(30-19-16-25-8-4-5-9-27(25)30)26-12-10-24(11-13-26)21-29-17-14-23(15-18-29)20-22-6-2-1-3-7-22/h1-13,23H,14-21H2. The van der Waals surface area contributed by atoms with E-state index in [-0.39, 0.29) is 5.91 Å². The fraction of sp³-hybridized carbons (Fsp3) is 0.321. The molecule has 0 unspecified atom stereocenters. The molecule has 1 amide bonds. The molecule has 0 spiro atoms. The molecule has 31 heavy (non-hydrogen) atoms. The van der Waals surface area contributed by atoms with E-state index in [0.717, 1.165) is 49.8 Å². The molecule has 0 bridgehead atoms. The molecule has 5 rings (SSSR count). The molecule has 158 valence electrons. The summed E-state index contributed by atoms with van der Waals surface area (Å²) in [4.78, 5) is 17.5. The highest BCUT2D eigenvalue weighted by Gasteiger charge is 2.25. The van der Waals surface area contributed by atoms with Crippen LogP contribution in [0.4, 0.5) is 5.69 Å². The molecule has 3 aromatic rings. The summed E-state index contributed by atoms with van der Waals surface area (Å²) in [6.07, 6.45) is 4.67. The minimum absolute atomic E-state index is 0.109. The lowest BCUT2D eigenvalue weighted by atomic mass is 9.90. The van der Waals surface area contributed by atoms with Crippen molar-refractivity contribution in [3.8, 4) is 0 Å². The zero-order chi connectivity index (χ0) is 21.0. The third-order valence-electron chi connectivity index (χ3n) is 6.81. The molecule has 0 radical (unpaired) electrons. The first-order valence-electron chi connectivity index (χ1n) is 11.5. The van der Waals surface area contributed by atoms with Crippen LogP contribution in [0.25, 0.3) is 0 Å². The van der Waals surface area contributed by atoms with E-state index in [4.69, 9.17) is 0 Å². The Kier molecular flexibility index (Phi) is 5.86. The van der Waals surface area contributed by atoms with E-state index in [2.05, 4.69) is 59.5 Å². The van der Waals surface area contributed by atoms with Crippen LogP contribution in [-0.4, -0.2) is 30.4 Å². The van der Waals surface area contributed by atoms with Crippen LogP contribution in [-0.2, 0) is 19.4 Å². The summed E-state index contributed by atoms with van der Waals surface area (Å²) in [6.45, 7) is 4.06. The number of para-hydroxylation sites is 1. The number of carbonyl (C=O) groups excluding carboxylic acids is 1. The van der Waals surface area contributed by atoms with E-state index >= 15 is 0 Å². The zero-order valence-electron chi connectivity index (χ0n) is 18.0. The Balaban J connectivity index is 1.15. The second-order valence-corrected chi connectivity index (χ2v) is 8.94. The Labute approximate surface area is 185 Å². The number of rotatable bonds is 5. The van der Waals surface area contributed by atoms with Crippen LogP contribution in [0.1, 0.15) is 39.9 Å². The summed E-state index contributed by atoms with van der Waals surface area (Å²) in [6, 6.07) is 27.4. The molecule has 3 nitrogen and oxygen atoms in total. The van der Waals surface area contributed by atoms with Gasteiger partial charge in [0.1, 0.15) is 0 Å². The fourth-order valence-electron chi connectivity index (χ4n) is 5.01. The smallest absolute Gasteiger partial charge is 0.258 e. The minimum Gasteiger partial charge on any atom is -0.308 e. The summed E-state index contributed by atoms with van der Waals surface area (Å²) < 4.78 is 0. The van der Waals surface area contributed by atoms with E-state index < -0.39 is 0 Å². The highest BCUT2D eigenvalue weighted by atomic mass is 16.2. The van der Waals surface area contributed by atoms with Crippen molar-refractivity contribution in [1.29, 1.82) is 0 Å². The van der Waals surface area contributed by atoms with Gasteiger partial charge >= 0.3 is 0 Å². The van der Waals surface area contributed by atoms with Crippen molar-refractivity contribution >= 4 is 11.6 Å². The predicted molar refractivity (Wildman–Crippen MR) is 126 cm³/mol. The molecule has 2 aliphatic rings. The lowest BCUT2D eigenvalue weighted by molar-refractivity contribution is 0.0989. The average molecular weight is 411 g/mol. The molecule has 2 aliphatic heterocycles. The highest BCUT2D eigenvalue weighted by molar-refractivity contribution is 6.07. The molecule has 3 aromatic carbocycles. The number of nitrogens with zero attached hydrogens (tertiary/aromatic N) is 2. The molecule has 1 saturated heterocycles. The summed E-state index contributed by atoms with van der Waals surface area (Å²) in [5, 5.41) is 0. The number of hydrogen-bond acceptors (Lipinski definition) is 2. The molecular weight excluding hydrogens is 380 g/mol. The second-order valence-electron chi connectivity index (χ2n) is 8.94. The van der Waals surface area contributed by atoms with Crippen LogP contribution in [0.3, 0.4) is 0 Å². The second kappa shape index (κ2) is 9.07. The Bertz CT molecular complexity index is 1020. The van der Waals surface area contributed by atoms with Crippen molar-refractivity contribution in [3.05, 3.63) is 101 Å². The van der Waals surface area contributed by atoms with Crippen molar-refractivity contribution in [1.82, 2.24) is 4.90 Å². The summed E-state index contributed by atoms with van der Waals surface area (Å²) >= 11 is 0. The number of piperidine rings is 1. The Morgan fingerprint density at radius 2 is 1.48 bits per heavy atom. The topological polar surface area (TPSA) is 23.6 Å². The summed E-state index contributed by atoms with van der Waals surface area (Å²) in [5.74, 6) is 0.903. The van der Waals surface area contributed by atoms with Crippen LogP contribution >= 0.6 is 0 Å². The molecule has 0 aliphatic carbocycles. The van der Waals surface area contributed by atoms with Gasteiger partial charge in [-0.05, 0) is 79.6 Å². The molecule has 0 N–H and O–H groups in total. The molecule has 2 heterocycles. The lowest BCUT2D eigenvalue weighted by Gasteiger charge is -2.32. The SMILES string of the molecule is O=C(c1ccc(CN2CCC(Cc3ccccc3)CC2)cc1)N1CCc2ccccc21. The fourth-order valence-corrected chi connectivity index (χ4v) is 5.01. The average Bonchev–Trinajstić information content (AvgIpc) is 3.25. The van der Waals surface area contributed by atoms with Crippen molar-refractivity contribution in [2.24, 2.45) is 5.92 Å². The molecule has 1 fully saturated rings. The third-order valence-corrected chi connectivity index (χ3v) is 6.81. The first-order valence-corrected chi connectivity index (χ1v) is 11.5. The van der Waals surface area contributed by atoms with E-state index in [1.807, 2.05) is 29.2 Å². The van der Waals surface area contributed by atoms with Crippen molar-refractivity contribution in [2.75, 3.05) is 24.5 Å². The predicted octanol–water partition coefficient (Wildman–Crippen LogP) is 5.34. The zero-order valence-corrected chi connectivity index (χ0v) is 18.0. The third kappa shape index (κ3) is 4.57. The monoisotopic (exact) mass is 410 g/mol. The largest absolute Gasteiger partial charge is 0.308 e. The van der Waals surface area contributed by atoms with Crippen LogP contribution < -0.4 is 4.90 Å². The van der Waals surface area contributed by atoms with Crippen molar-refractivity contribution < 1.29 is 4.79 Å². The lowest BCUT2D eigenvalue weighted by Crippen LogP contribution is -2.33. The van der Waals surface area contributed by atoms with E-state index in [0.29, 0.717) is 0 Å². The van der Waals surface area contributed by atoms with E-state index in [1.165, 1.54) is 36.0 Å². The van der Waals surface area contributed by atoms with Gasteiger partial charge in [0.25, 0.3) is 5.91 Å². The maximum Gasteiger partial charge on any atom is 0.258 e. The van der Waals surface area contributed by atoms with Crippen LogP contribution in [0.5, 0.6) is 0 Å². The number of likely N-dealkylation sites (tertiary alicyclic amines) is 1. The number of benzene rings is 3. The molecule has 0 atom stereocenters. The Morgan fingerprint density at radius 3 is 2.26 bits per heavy atom. The van der Waals surface area contributed by atoms with Gasteiger partial charge in [-0.25, -0.2) is 0 Å². The molecular formula is C28H30N2O. The van der Waals surface area contributed by atoms with Gasteiger partial charge in [0.05, 0.1) is 0 Å². The highest BCUT2D eigenvalue weighted by Crippen LogP contribution is 2.29. The summed E-state index contributed by atoms with van der Waals surface area (Å²) in [5.41, 5.74) is 5.86. The first kappa shape index (κ1) is 20.0. The number of fused-ring (bicyclic) bond motifs is 1. The molecule has 0 aromatic heterocycles. The maximum absolute atomic E-state index is 13.0. The number of amides is 1.